The first-order valence-electron chi connectivity index (χ1n) is 7.70. The van der Waals surface area contributed by atoms with Crippen molar-refractivity contribution in [2.45, 2.75) is 6.92 Å². The van der Waals surface area contributed by atoms with E-state index in [1.54, 1.807) is 7.11 Å². The number of fused-ring (bicyclic) bond motifs is 1. The highest BCUT2D eigenvalue weighted by Gasteiger charge is 2.06. The van der Waals surface area contributed by atoms with Crippen molar-refractivity contribution in [1.29, 1.82) is 5.26 Å². The molecule has 3 N–H and O–H groups in total. The van der Waals surface area contributed by atoms with Gasteiger partial charge in [-0.15, -0.1) is 0 Å². The largest absolute Gasteiger partial charge is 0.383 e. The van der Waals surface area contributed by atoms with Gasteiger partial charge in [-0.3, -0.25) is 0 Å². The predicted molar refractivity (Wildman–Crippen MR) is 100 cm³/mol. The molecule has 2 rings (SSSR count). The maximum Gasteiger partial charge on any atom is 0.166 e. The Morgan fingerprint density at radius 2 is 2.04 bits per heavy atom. The molecule has 0 saturated heterocycles. The molecule has 1 aromatic heterocycles. The van der Waals surface area contributed by atoms with E-state index < -0.39 is 0 Å². The molecule has 0 radical (unpaired) electrons. The topological polar surface area (TPSA) is 82.0 Å². The zero-order valence-corrected chi connectivity index (χ0v) is 14.7. The Bertz CT molecular complexity index is 756. The van der Waals surface area contributed by atoms with Gasteiger partial charge in [0.25, 0.3) is 0 Å². The van der Waals surface area contributed by atoms with E-state index in [-0.39, 0.29) is 0 Å². The van der Waals surface area contributed by atoms with Gasteiger partial charge in [-0.25, -0.2) is 4.98 Å². The van der Waals surface area contributed by atoms with E-state index in [0.29, 0.717) is 42.7 Å². The third-order valence-electron chi connectivity index (χ3n) is 3.39. The number of hydrogen-bond acceptors (Lipinski definition) is 5. The zero-order valence-electron chi connectivity index (χ0n) is 13.8. The molecule has 7 heteroatoms. The summed E-state index contributed by atoms with van der Waals surface area (Å²) in [5, 5.41) is 20.2. The lowest BCUT2D eigenvalue weighted by Gasteiger charge is -2.12. The lowest BCUT2D eigenvalue weighted by atomic mass is 10.1. The first-order chi connectivity index (χ1) is 11.6. The molecule has 0 bridgehead atoms. The number of nitrogens with one attached hydrogen (secondary N) is 3. The lowest BCUT2D eigenvalue weighted by Crippen LogP contribution is -2.39. The number of nitriles is 1. The van der Waals surface area contributed by atoms with Crippen LogP contribution in [0.5, 0.6) is 0 Å². The number of aryl methyl sites for hydroxylation is 1. The van der Waals surface area contributed by atoms with Gasteiger partial charge >= 0.3 is 0 Å². The fraction of sp³-hybridized carbons (Fsp3) is 0.353. The molecule has 0 fully saturated rings. The Morgan fingerprint density at radius 1 is 1.25 bits per heavy atom. The number of methoxy groups -OCH3 is 1. The Morgan fingerprint density at radius 3 is 2.79 bits per heavy atom. The van der Waals surface area contributed by atoms with Crippen LogP contribution in [0.3, 0.4) is 0 Å². The molecule has 0 atom stereocenters. The number of benzene rings is 1. The van der Waals surface area contributed by atoms with E-state index >= 15 is 0 Å². The monoisotopic (exact) mass is 343 g/mol. The maximum absolute atomic E-state index is 9.32. The quantitative estimate of drug-likeness (QED) is 0.523. The van der Waals surface area contributed by atoms with Crippen LogP contribution < -0.4 is 16.0 Å². The Hall–Kier alpha value is -2.43. The highest BCUT2D eigenvalue weighted by atomic mass is 32.1. The highest BCUT2D eigenvalue weighted by Crippen LogP contribution is 2.20. The van der Waals surface area contributed by atoms with Crippen molar-refractivity contribution in [3.63, 3.8) is 0 Å². The summed E-state index contributed by atoms with van der Waals surface area (Å²) < 4.78 is 4.94. The van der Waals surface area contributed by atoms with Crippen LogP contribution in [0.2, 0.25) is 0 Å². The van der Waals surface area contributed by atoms with Crippen molar-refractivity contribution in [1.82, 2.24) is 15.6 Å². The molecule has 6 nitrogen and oxygen atoms in total. The smallest absolute Gasteiger partial charge is 0.166 e. The van der Waals surface area contributed by atoms with Gasteiger partial charge in [0.05, 0.1) is 17.7 Å². The molecule has 24 heavy (non-hydrogen) atoms. The molecule has 0 spiro atoms. The van der Waals surface area contributed by atoms with E-state index in [4.69, 9.17) is 17.0 Å². The SMILES string of the molecule is COCCNC(=S)NCCNc1nc2ccc(C)cc2cc1C#N. The Labute approximate surface area is 147 Å². The number of thiocarbonyl (C=S) groups is 1. The van der Waals surface area contributed by atoms with Gasteiger partial charge in [-0.1, -0.05) is 11.6 Å². The number of nitrogens with zero attached hydrogens (tertiary/aromatic N) is 2. The summed E-state index contributed by atoms with van der Waals surface area (Å²) in [5.41, 5.74) is 2.55. The molecule has 0 aliphatic carbocycles. The summed E-state index contributed by atoms with van der Waals surface area (Å²) in [6.45, 7) is 4.52. The van der Waals surface area contributed by atoms with Crippen LogP contribution >= 0.6 is 12.2 Å². The number of anilines is 1. The fourth-order valence-corrected chi connectivity index (χ4v) is 2.41. The van der Waals surface area contributed by atoms with Crippen molar-refractivity contribution < 1.29 is 4.74 Å². The molecular formula is C17H21N5OS. The molecule has 1 aromatic carbocycles. The van der Waals surface area contributed by atoms with Crippen LogP contribution in [0, 0.1) is 18.3 Å². The molecule has 126 valence electrons. The van der Waals surface area contributed by atoms with Gasteiger partial charge in [-0.2, -0.15) is 5.26 Å². The molecule has 0 aliphatic rings. The highest BCUT2D eigenvalue weighted by molar-refractivity contribution is 7.80. The summed E-state index contributed by atoms with van der Waals surface area (Å²) in [6.07, 6.45) is 0. The van der Waals surface area contributed by atoms with E-state index in [1.165, 1.54) is 0 Å². The van der Waals surface area contributed by atoms with Gasteiger partial charge in [0.1, 0.15) is 11.9 Å². The number of hydrogen-bond donors (Lipinski definition) is 3. The Kier molecular flexibility index (Phi) is 6.73. The van der Waals surface area contributed by atoms with Crippen molar-refractivity contribution in [2.75, 3.05) is 38.7 Å². The van der Waals surface area contributed by atoms with Crippen molar-refractivity contribution in [3.8, 4) is 6.07 Å². The van der Waals surface area contributed by atoms with Crippen molar-refractivity contribution in [2.24, 2.45) is 0 Å². The molecule has 2 aromatic rings. The number of ether oxygens (including phenoxy) is 1. The standard InChI is InChI=1S/C17H21N5OS/c1-12-3-4-15-13(9-12)10-14(11-18)16(22-15)19-5-6-20-17(24)21-7-8-23-2/h3-4,9-10H,5-8H2,1-2H3,(H,19,22)(H2,20,21,24). The molecule has 0 amide bonds. The van der Waals surface area contributed by atoms with Gasteiger partial charge in [0.15, 0.2) is 5.11 Å². The van der Waals surface area contributed by atoms with E-state index in [2.05, 4.69) is 27.0 Å². The number of rotatable bonds is 7. The van der Waals surface area contributed by atoms with Crippen molar-refractivity contribution >= 4 is 34.1 Å². The van der Waals surface area contributed by atoms with Crippen LogP contribution in [0.15, 0.2) is 24.3 Å². The maximum atomic E-state index is 9.32. The summed E-state index contributed by atoms with van der Waals surface area (Å²) in [4.78, 5) is 4.54. The Balaban J connectivity index is 1.91. The van der Waals surface area contributed by atoms with Crippen molar-refractivity contribution in [3.05, 3.63) is 35.4 Å². The van der Waals surface area contributed by atoms with E-state index in [0.717, 1.165) is 16.5 Å². The molecule has 0 unspecified atom stereocenters. The minimum absolute atomic E-state index is 0.536. The first kappa shape index (κ1) is 17.9. The first-order valence-corrected chi connectivity index (χ1v) is 8.11. The summed E-state index contributed by atoms with van der Waals surface area (Å²) in [5.74, 6) is 0.592. The van der Waals surface area contributed by atoms with Crippen LogP contribution in [-0.2, 0) is 4.74 Å². The average molecular weight is 343 g/mol. The minimum atomic E-state index is 0.536. The van der Waals surface area contributed by atoms with Crippen LogP contribution in [-0.4, -0.2) is 43.4 Å². The normalized spacial score (nSPS) is 10.2. The molecular weight excluding hydrogens is 322 g/mol. The lowest BCUT2D eigenvalue weighted by molar-refractivity contribution is 0.204. The second kappa shape index (κ2) is 9.01. The summed E-state index contributed by atoms with van der Waals surface area (Å²) in [6, 6.07) is 10.1. The summed E-state index contributed by atoms with van der Waals surface area (Å²) >= 11 is 5.15. The van der Waals surface area contributed by atoms with Crippen LogP contribution in [0.1, 0.15) is 11.1 Å². The second-order valence-electron chi connectivity index (χ2n) is 5.29. The van der Waals surface area contributed by atoms with Gasteiger partial charge < -0.3 is 20.7 Å². The van der Waals surface area contributed by atoms with E-state index in [1.807, 2.05) is 31.2 Å². The summed E-state index contributed by atoms with van der Waals surface area (Å²) in [7, 11) is 1.65. The average Bonchev–Trinajstić information content (AvgIpc) is 2.58. The second-order valence-corrected chi connectivity index (χ2v) is 5.70. The molecule has 0 aliphatic heterocycles. The molecule has 0 saturated carbocycles. The van der Waals surface area contributed by atoms with Crippen LogP contribution in [0.4, 0.5) is 5.82 Å². The molecule has 1 heterocycles. The zero-order chi connectivity index (χ0) is 17.4. The van der Waals surface area contributed by atoms with Gasteiger partial charge in [0.2, 0.25) is 0 Å². The fourth-order valence-electron chi connectivity index (χ4n) is 2.20. The third kappa shape index (κ3) is 5.05. The third-order valence-corrected chi connectivity index (χ3v) is 3.67. The predicted octanol–water partition coefficient (Wildman–Crippen LogP) is 1.94. The number of pyridine rings is 1. The van der Waals surface area contributed by atoms with Crippen LogP contribution in [0.25, 0.3) is 10.9 Å². The van der Waals surface area contributed by atoms with E-state index in [9.17, 15) is 5.26 Å². The van der Waals surface area contributed by atoms with Gasteiger partial charge in [0, 0.05) is 32.1 Å². The van der Waals surface area contributed by atoms with Gasteiger partial charge in [-0.05, 0) is 37.3 Å². The number of aromatic nitrogens is 1. The minimum Gasteiger partial charge on any atom is -0.383 e.